The third kappa shape index (κ3) is 5.89. The lowest BCUT2D eigenvalue weighted by molar-refractivity contribution is 0.0426. The monoisotopic (exact) mass is 430 g/mol. The Morgan fingerprint density at radius 1 is 0.750 bits per heavy atom. The van der Waals surface area contributed by atoms with Crippen LogP contribution in [0.1, 0.15) is 57.4 Å². The Morgan fingerprint density at radius 3 is 1.88 bits per heavy atom. The fraction of sp³-hybridized carbons (Fsp3) is 0.192. The van der Waals surface area contributed by atoms with E-state index in [4.69, 9.17) is 4.74 Å². The van der Waals surface area contributed by atoms with Gasteiger partial charge in [0.05, 0.1) is 5.56 Å². The van der Waals surface area contributed by atoms with Crippen molar-refractivity contribution >= 4 is 17.8 Å². The molecule has 0 atom stereocenters. The standard InChI is InChI=1S/C26H26N2O4/c1-26(2,3)27-28(23(29)19-12-6-4-7-13-19)24(30)22-17-11-10-16-21(22)18-32-25(31)20-14-8-5-9-15-20/h4-17,27H,18H2,1-3H3. The van der Waals surface area contributed by atoms with Crippen molar-refractivity contribution in [3.05, 3.63) is 107 Å². The van der Waals surface area contributed by atoms with Crippen LogP contribution in [0, 0.1) is 0 Å². The molecule has 0 aliphatic heterocycles. The van der Waals surface area contributed by atoms with Crippen molar-refractivity contribution in [1.29, 1.82) is 0 Å². The molecule has 1 N–H and O–H groups in total. The number of amides is 2. The molecule has 0 spiro atoms. The number of nitrogens with zero attached hydrogens (tertiary/aromatic N) is 1. The van der Waals surface area contributed by atoms with Gasteiger partial charge in [-0.05, 0) is 51.1 Å². The van der Waals surface area contributed by atoms with Crippen molar-refractivity contribution < 1.29 is 19.1 Å². The topological polar surface area (TPSA) is 75.7 Å². The molecule has 6 heteroatoms. The second-order valence-corrected chi connectivity index (χ2v) is 8.27. The lowest BCUT2D eigenvalue weighted by atomic mass is 10.1. The van der Waals surface area contributed by atoms with Crippen molar-refractivity contribution in [1.82, 2.24) is 10.4 Å². The molecule has 164 valence electrons. The Morgan fingerprint density at radius 2 is 1.28 bits per heavy atom. The maximum absolute atomic E-state index is 13.5. The molecule has 2 amide bonds. The molecule has 32 heavy (non-hydrogen) atoms. The van der Waals surface area contributed by atoms with Gasteiger partial charge in [-0.2, -0.15) is 0 Å². The molecule has 3 rings (SSSR count). The number of hydrogen-bond acceptors (Lipinski definition) is 5. The average Bonchev–Trinajstić information content (AvgIpc) is 2.81. The first-order valence-electron chi connectivity index (χ1n) is 10.3. The maximum atomic E-state index is 13.5. The van der Waals surface area contributed by atoms with Crippen molar-refractivity contribution in [3.63, 3.8) is 0 Å². The van der Waals surface area contributed by atoms with E-state index in [0.29, 0.717) is 16.7 Å². The zero-order valence-corrected chi connectivity index (χ0v) is 18.4. The Hall–Kier alpha value is -3.77. The van der Waals surface area contributed by atoms with Gasteiger partial charge >= 0.3 is 5.97 Å². The van der Waals surface area contributed by atoms with E-state index in [-0.39, 0.29) is 12.2 Å². The second-order valence-electron chi connectivity index (χ2n) is 8.27. The van der Waals surface area contributed by atoms with Crippen LogP contribution >= 0.6 is 0 Å². The van der Waals surface area contributed by atoms with Gasteiger partial charge in [0.25, 0.3) is 11.8 Å². The summed E-state index contributed by atoms with van der Waals surface area (Å²) < 4.78 is 5.42. The summed E-state index contributed by atoms with van der Waals surface area (Å²) in [6.45, 7) is 5.48. The number of hydrazine groups is 1. The summed E-state index contributed by atoms with van der Waals surface area (Å²) in [5.41, 5.74) is 4.03. The van der Waals surface area contributed by atoms with Crippen LogP contribution in [0.15, 0.2) is 84.9 Å². The SMILES string of the molecule is CC(C)(C)NN(C(=O)c1ccccc1)C(=O)c1ccccc1COC(=O)c1ccccc1. The molecule has 3 aromatic carbocycles. The summed E-state index contributed by atoms with van der Waals surface area (Å²) in [5.74, 6) is -1.49. The first-order chi connectivity index (χ1) is 15.3. The molecule has 0 bridgehead atoms. The predicted molar refractivity (Wildman–Crippen MR) is 122 cm³/mol. The van der Waals surface area contributed by atoms with Crippen LogP contribution in [0.25, 0.3) is 0 Å². The number of rotatable bonds is 6. The van der Waals surface area contributed by atoms with Crippen LogP contribution in [0.2, 0.25) is 0 Å². The molecule has 0 saturated heterocycles. The van der Waals surface area contributed by atoms with Gasteiger partial charge in [0.2, 0.25) is 0 Å². The molecule has 0 aliphatic rings. The van der Waals surface area contributed by atoms with Crippen LogP contribution in [0.5, 0.6) is 0 Å². The minimum Gasteiger partial charge on any atom is -0.457 e. The van der Waals surface area contributed by atoms with Gasteiger partial charge in [-0.3, -0.25) is 9.59 Å². The highest BCUT2D eigenvalue weighted by atomic mass is 16.5. The van der Waals surface area contributed by atoms with E-state index in [1.54, 1.807) is 78.9 Å². The summed E-state index contributed by atoms with van der Waals surface area (Å²) in [6, 6.07) is 24.0. The summed E-state index contributed by atoms with van der Waals surface area (Å²) >= 11 is 0. The first-order valence-corrected chi connectivity index (χ1v) is 10.3. The largest absolute Gasteiger partial charge is 0.457 e. The zero-order chi connectivity index (χ0) is 23.1. The lowest BCUT2D eigenvalue weighted by Gasteiger charge is -2.30. The van der Waals surface area contributed by atoms with Gasteiger partial charge in [0, 0.05) is 22.2 Å². The minimum absolute atomic E-state index is 0.0987. The summed E-state index contributed by atoms with van der Waals surface area (Å²) in [7, 11) is 0. The normalized spacial score (nSPS) is 11.0. The second kappa shape index (κ2) is 10.0. The Labute approximate surface area is 187 Å². The first kappa shape index (κ1) is 22.9. The Kier molecular flexibility index (Phi) is 7.18. The number of benzene rings is 3. The van der Waals surface area contributed by atoms with Crippen molar-refractivity contribution in [2.75, 3.05) is 0 Å². The van der Waals surface area contributed by atoms with E-state index in [9.17, 15) is 14.4 Å². The van der Waals surface area contributed by atoms with E-state index >= 15 is 0 Å². The summed E-state index contributed by atoms with van der Waals surface area (Å²) in [4.78, 5) is 39.0. The number of hydrogen-bond donors (Lipinski definition) is 1. The molecular weight excluding hydrogens is 404 g/mol. The Balaban J connectivity index is 1.86. The highest BCUT2D eigenvalue weighted by Crippen LogP contribution is 2.17. The number of carbonyl (C=O) groups excluding carboxylic acids is 3. The van der Waals surface area contributed by atoms with E-state index < -0.39 is 23.3 Å². The minimum atomic E-state index is -0.547. The quantitative estimate of drug-likeness (QED) is 0.351. The Bertz CT molecular complexity index is 1090. The molecule has 3 aromatic rings. The zero-order valence-electron chi connectivity index (χ0n) is 18.4. The van der Waals surface area contributed by atoms with Crippen LogP contribution in [-0.2, 0) is 11.3 Å². The van der Waals surface area contributed by atoms with Crippen molar-refractivity contribution in [3.8, 4) is 0 Å². The van der Waals surface area contributed by atoms with Gasteiger partial charge in [-0.15, -0.1) is 0 Å². The molecule has 6 nitrogen and oxygen atoms in total. The molecule has 0 fully saturated rings. The average molecular weight is 431 g/mol. The van der Waals surface area contributed by atoms with Crippen LogP contribution in [0.4, 0.5) is 0 Å². The third-order valence-electron chi connectivity index (χ3n) is 4.49. The van der Waals surface area contributed by atoms with Crippen LogP contribution in [0.3, 0.4) is 0 Å². The number of nitrogens with one attached hydrogen (secondary N) is 1. The number of ether oxygens (including phenoxy) is 1. The van der Waals surface area contributed by atoms with E-state index in [2.05, 4.69) is 5.43 Å². The summed E-state index contributed by atoms with van der Waals surface area (Å²) in [5, 5.41) is 1.02. The predicted octanol–water partition coefficient (Wildman–Crippen LogP) is 4.63. The molecular formula is C26H26N2O4. The summed E-state index contributed by atoms with van der Waals surface area (Å²) in [6.07, 6.45) is 0. The van der Waals surface area contributed by atoms with Crippen LogP contribution < -0.4 is 5.43 Å². The van der Waals surface area contributed by atoms with Crippen LogP contribution in [-0.4, -0.2) is 28.3 Å². The number of esters is 1. The molecule has 0 saturated carbocycles. The maximum Gasteiger partial charge on any atom is 0.338 e. The van der Waals surface area contributed by atoms with E-state index in [1.807, 2.05) is 26.8 Å². The molecule has 0 aromatic heterocycles. The fourth-order valence-corrected chi connectivity index (χ4v) is 3.02. The molecule has 0 radical (unpaired) electrons. The lowest BCUT2D eigenvalue weighted by Crippen LogP contribution is -2.55. The molecule has 0 aliphatic carbocycles. The molecule has 0 unspecified atom stereocenters. The number of carbonyl (C=O) groups is 3. The fourth-order valence-electron chi connectivity index (χ4n) is 3.02. The number of imide groups is 1. The van der Waals surface area contributed by atoms with Gasteiger partial charge in [0.1, 0.15) is 6.61 Å². The van der Waals surface area contributed by atoms with Gasteiger partial charge < -0.3 is 4.74 Å². The van der Waals surface area contributed by atoms with E-state index in [1.165, 1.54) is 0 Å². The highest BCUT2D eigenvalue weighted by molar-refractivity contribution is 6.10. The van der Waals surface area contributed by atoms with Gasteiger partial charge in [-0.1, -0.05) is 54.6 Å². The smallest absolute Gasteiger partial charge is 0.338 e. The molecule has 0 heterocycles. The third-order valence-corrected chi connectivity index (χ3v) is 4.49. The van der Waals surface area contributed by atoms with E-state index in [0.717, 1.165) is 5.01 Å². The van der Waals surface area contributed by atoms with Crippen molar-refractivity contribution in [2.45, 2.75) is 32.9 Å². The van der Waals surface area contributed by atoms with Crippen molar-refractivity contribution in [2.24, 2.45) is 0 Å². The highest BCUT2D eigenvalue weighted by Gasteiger charge is 2.29. The van der Waals surface area contributed by atoms with Gasteiger partial charge in [-0.25, -0.2) is 15.2 Å². The van der Waals surface area contributed by atoms with Gasteiger partial charge in [0.15, 0.2) is 0 Å².